The van der Waals surface area contributed by atoms with E-state index in [1.807, 2.05) is 0 Å². The minimum Gasteiger partial charge on any atom is -0.367 e. The molecule has 1 unspecified atom stereocenters. The summed E-state index contributed by atoms with van der Waals surface area (Å²) in [4.78, 5) is 2.44. The number of allylic oxidation sites excluding steroid dienone is 7. The molecule has 7 rings (SSSR count). The predicted molar refractivity (Wildman–Crippen MR) is 195 cm³/mol. The van der Waals surface area contributed by atoms with E-state index in [1.54, 1.807) is 0 Å². The van der Waals surface area contributed by atoms with Gasteiger partial charge in [0.25, 0.3) is 0 Å². The van der Waals surface area contributed by atoms with Gasteiger partial charge in [0.1, 0.15) is 7.05 Å². The third-order valence-corrected chi connectivity index (χ3v) is 11.2. The van der Waals surface area contributed by atoms with Gasteiger partial charge in [0.05, 0.1) is 11.5 Å². The van der Waals surface area contributed by atoms with Crippen molar-refractivity contribution in [1.82, 2.24) is 0 Å². The van der Waals surface area contributed by atoms with Crippen molar-refractivity contribution < 1.29 is 4.58 Å². The summed E-state index contributed by atoms with van der Waals surface area (Å²) in [6.45, 7) is 11.6. The van der Waals surface area contributed by atoms with Crippen molar-refractivity contribution in [3.8, 4) is 0 Å². The Labute approximate surface area is 273 Å². The van der Waals surface area contributed by atoms with Crippen LogP contribution < -0.4 is 4.90 Å². The lowest BCUT2D eigenvalue weighted by Crippen LogP contribution is -2.37. The highest BCUT2D eigenvalue weighted by molar-refractivity contribution is 6.32. The molecular weight excluding hydrogens is 568 g/mol. The largest absolute Gasteiger partial charge is 0.367 e. The van der Waals surface area contributed by atoms with Crippen LogP contribution in [0.5, 0.6) is 0 Å². The van der Waals surface area contributed by atoms with E-state index in [0.717, 1.165) is 24.3 Å². The maximum Gasteiger partial charge on any atom is 0.210 e. The van der Waals surface area contributed by atoms with Crippen LogP contribution in [0.4, 0.5) is 11.4 Å². The summed E-state index contributed by atoms with van der Waals surface area (Å²) < 4.78 is 2.36. The molecule has 0 bridgehead atoms. The SMILES string of the molecule is Cc1ccc2c3c(ccc2c1)N(C)C(C=CC=C1CCCC(C=CC2=[N+](C)c4ccc5ccccc5c4C2(C)C)=C1Cl)C3(C)C. The average Bonchev–Trinajstić information content (AvgIpc) is 3.34. The summed E-state index contributed by atoms with van der Waals surface area (Å²) in [5.41, 5.74) is 10.4. The molecule has 0 saturated heterocycles. The number of hydrogen-bond donors (Lipinski definition) is 0. The molecule has 1 aliphatic carbocycles. The molecular formula is C42H44ClN2+. The zero-order valence-corrected chi connectivity index (χ0v) is 28.5. The zero-order valence-electron chi connectivity index (χ0n) is 27.7. The Morgan fingerprint density at radius 2 is 1.62 bits per heavy atom. The van der Waals surface area contributed by atoms with Crippen LogP contribution in [0.25, 0.3) is 21.5 Å². The van der Waals surface area contributed by atoms with Crippen LogP contribution in [-0.4, -0.2) is 30.4 Å². The summed E-state index contributed by atoms with van der Waals surface area (Å²) in [5, 5.41) is 6.23. The molecule has 0 saturated carbocycles. The Morgan fingerprint density at radius 3 is 2.44 bits per heavy atom. The van der Waals surface area contributed by atoms with E-state index in [0.29, 0.717) is 0 Å². The molecule has 2 heterocycles. The van der Waals surface area contributed by atoms with Crippen LogP contribution in [0.2, 0.25) is 0 Å². The summed E-state index contributed by atoms with van der Waals surface area (Å²) in [6.07, 6.45) is 14.6. The first kappa shape index (κ1) is 29.8. The van der Waals surface area contributed by atoms with E-state index in [4.69, 9.17) is 11.6 Å². The molecule has 0 amide bonds. The monoisotopic (exact) mass is 611 g/mol. The highest BCUT2D eigenvalue weighted by Crippen LogP contribution is 2.49. The molecule has 2 nitrogen and oxygen atoms in total. The Kier molecular flexibility index (Phi) is 7.21. The molecule has 4 aromatic rings. The lowest BCUT2D eigenvalue weighted by molar-refractivity contribution is -0.401. The van der Waals surface area contributed by atoms with Crippen molar-refractivity contribution in [2.45, 2.75) is 70.8 Å². The van der Waals surface area contributed by atoms with Gasteiger partial charge >= 0.3 is 0 Å². The van der Waals surface area contributed by atoms with Gasteiger partial charge in [-0.3, -0.25) is 0 Å². The van der Waals surface area contributed by atoms with Gasteiger partial charge in [-0.2, -0.15) is 4.58 Å². The summed E-state index contributed by atoms with van der Waals surface area (Å²) in [7, 11) is 4.42. The van der Waals surface area contributed by atoms with E-state index in [1.165, 1.54) is 66.5 Å². The molecule has 0 radical (unpaired) electrons. The molecule has 4 aromatic carbocycles. The normalized spacial score (nSPS) is 21.7. The highest BCUT2D eigenvalue weighted by atomic mass is 35.5. The maximum absolute atomic E-state index is 7.13. The number of aryl methyl sites for hydroxylation is 1. The summed E-state index contributed by atoms with van der Waals surface area (Å²) >= 11 is 7.13. The molecule has 3 aliphatic rings. The third kappa shape index (κ3) is 4.72. The number of nitrogens with zero attached hydrogens (tertiary/aromatic N) is 2. The van der Waals surface area contributed by atoms with Crippen molar-refractivity contribution in [2.24, 2.45) is 0 Å². The Bertz CT molecular complexity index is 2030. The zero-order chi connectivity index (χ0) is 31.7. The van der Waals surface area contributed by atoms with E-state index in [-0.39, 0.29) is 16.9 Å². The molecule has 0 N–H and O–H groups in total. The van der Waals surface area contributed by atoms with Crippen molar-refractivity contribution >= 4 is 50.2 Å². The fourth-order valence-electron chi connectivity index (χ4n) is 8.42. The van der Waals surface area contributed by atoms with E-state index in [9.17, 15) is 0 Å². The van der Waals surface area contributed by atoms with Gasteiger partial charge in [-0.1, -0.05) is 104 Å². The fourth-order valence-corrected chi connectivity index (χ4v) is 8.73. The van der Waals surface area contributed by atoms with Gasteiger partial charge in [0.15, 0.2) is 5.71 Å². The molecule has 2 aliphatic heterocycles. The van der Waals surface area contributed by atoms with Crippen molar-refractivity contribution in [3.63, 3.8) is 0 Å². The standard InChI is InChI=1S/C42H44ClN2/c1-27-18-22-33-31(26-27)20-24-35-39(33)41(2,3)36(44(35)6)17-11-15-29-13-10-14-30(40(29)43)21-25-37-42(4,5)38-32-16-9-8-12-28(32)19-23-34(38)45(37)7/h8-9,11-12,15-26,36H,10,13-14H2,1-7H3/q+1. The number of hydrogen-bond acceptors (Lipinski definition) is 1. The first-order valence-electron chi connectivity index (χ1n) is 16.3. The number of rotatable bonds is 4. The highest BCUT2D eigenvalue weighted by Gasteiger charge is 2.44. The smallest absolute Gasteiger partial charge is 0.210 e. The molecule has 1 atom stereocenters. The van der Waals surface area contributed by atoms with Gasteiger partial charge < -0.3 is 4.90 Å². The maximum atomic E-state index is 7.13. The summed E-state index contributed by atoms with van der Waals surface area (Å²) in [6, 6.07) is 24.9. The van der Waals surface area contributed by atoms with Crippen LogP contribution in [-0.2, 0) is 10.8 Å². The molecule has 45 heavy (non-hydrogen) atoms. The Morgan fingerprint density at radius 1 is 0.867 bits per heavy atom. The average molecular weight is 612 g/mol. The lowest BCUT2D eigenvalue weighted by Gasteiger charge is -2.30. The molecule has 0 spiro atoms. The second-order valence-electron chi connectivity index (χ2n) is 14.3. The van der Waals surface area contributed by atoms with Crippen LogP contribution in [0.3, 0.4) is 0 Å². The number of fused-ring (bicyclic) bond motifs is 6. The Balaban J connectivity index is 1.16. The van der Waals surface area contributed by atoms with E-state index in [2.05, 4.69) is 155 Å². The number of halogens is 1. The van der Waals surface area contributed by atoms with Gasteiger partial charge in [-0.15, -0.1) is 0 Å². The van der Waals surface area contributed by atoms with Gasteiger partial charge in [-0.25, -0.2) is 0 Å². The molecule has 0 aromatic heterocycles. The first-order valence-corrected chi connectivity index (χ1v) is 16.7. The fraction of sp³-hybridized carbons (Fsp3) is 0.310. The molecule has 228 valence electrons. The van der Waals surface area contributed by atoms with E-state index >= 15 is 0 Å². The Hall–Kier alpha value is -3.88. The van der Waals surface area contributed by atoms with Gasteiger partial charge in [0.2, 0.25) is 5.69 Å². The molecule has 0 fully saturated rings. The van der Waals surface area contributed by atoms with Gasteiger partial charge in [0, 0.05) is 40.9 Å². The topological polar surface area (TPSA) is 6.25 Å². The number of anilines is 1. The quantitative estimate of drug-likeness (QED) is 0.208. The predicted octanol–water partition coefficient (Wildman–Crippen LogP) is 10.8. The van der Waals surface area contributed by atoms with Crippen molar-refractivity contribution in [2.75, 3.05) is 19.0 Å². The van der Waals surface area contributed by atoms with Crippen molar-refractivity contribution in [1.29, 1.82) is 0 Å². The van der Waals surface area contributed by atoms with Crippen LogP contribution >= 0.6 is 11.6 Å². The first-order chi connectivity index (χ1) is 21.5. The van der Waals surface area contributed by atoms with Crippen molar-refractivity contribution in [3.05, 3.63) is 130 Å². The van der Waals surface area contributed by atoms with E-state index < -0.39 is 0 Å². The van der Waals surface area contributed by atoms with Gasteiger partial charge in [-0.05, 0) is 90.4 Å². The second-order valence-corrected chi connectivity index (χ2v) is 14.7. The number of likely N-dealkylation sites (N-methyl/N-ethyl adjacent to an activating group) is 1. The van der Waals surface area contributed by atoms with Crippen LogP contribution in [0.1, 0.15) is 63.6 Å². The molecule has 3 heteroatoms. The third-order valence-electron chi connectivity index (χ3n) is 10.7. The minimum atomic E-state index is -0.105. The minimum absolute atomic E-state index is 0.0196. The second kappa shape index (κ2) is 10.9. The van der Waals surface area contributed by atoms with Crippen LogP contribution in [0, 0.1) is 6.92 Å². The van der Waals surface area contributed by atoms with Crippen LogP contribution in [0.15, 0.2) is 113 Å². The number of benzene rings is 4. The summed E-state index contributed by atoms with van der Waals surface area (Å²) in [5.74, 6) is 0. The lowest BCUT2D eigenvalue weighted by atomic mass is 9.78.